The van der Waals surface area contributed by atoms with Crippen LogP contribution in [0.15, 0.2) is 18.2 Å². The van der Waals surface area contributed by atoms with Crippen molar-refractivity contribution < 1.29 is 27.8 Å². The molecule has 2 saturated heterocycles. The third-order valence-corrected chi connectivity index (χ3v) is 5.58. The van der Waals surface area contributed by atoms with Crippen LogP contribution < -0.4 is 5.32 Å². The topological polar surface area (TPSA) is 71.1 Å². The molecule has 0 aliphatic carbocycles. The molecule has 2 aliphatic heterocycles. The van der Waals surface area contributed by atoms with Crippen molar-refractivity contribution in [2.24, 2.45) is 0 Å². The highest BCUT2D eigenvalue weighted by molar-refractivity contribution is 5.96. The smallest absolute Gasteiger partial charge is 0.251 e. The zero-order chi connectivity index (χ0) is 22.4. The minimum atomic E-state index is -0.837. The fourth-order valence-corrected chi connectivity index (χ4v) is 4.14. The second kappa shape index (κ2) is 11.0. The molecular formula is C22H31F2N3O4. The Bertz CT molecular complexity index is 741. The largest absolute Gasteiger partial charge is 0.377 e. The molecule has 3 rings (SSSR count). The number of nitrogens with zero attached hydrogens (tertiary/aromatic N) is 2. The molecule has 0 spiro atoms. The highest BCUT2D eigenvalue weighted by atomic mass is 19.1. The van der Waals surface area contributed by atoms with Crippen LogP contribution in [0.3, 0.4) is 0 Å². The third-order valence-electron chi connectivity index (χ3n) is 5.58. The second-order valence-corrected chi connectivity index (χ2v) is 8.31. The van der Waals surface area contributed by atoms with Gasteiger partial charge in [0.25, 0.3) is 5.91 Å². The van der Waals surface area contributed by atoms with Crippen LogP contribution >= 0.6 is 0 Å². The minimum Gasteiger partial charge on any atom is -0.377 e. The Kier molecular flexibility index (Phi) is 8.34. The SMILES string of the molecule is C[C@@H]1CN(CCOC2CCN(C(=O)CNC(=O)c3cc(F)cc(F)c3)CC2)C[C@@H](C)O1. The molecule has 31 heavy (non-hydrogen) atoms. The first-order chi connectivity index (χ1) is 14.8. The van der Waals surface area contributed by atoms with E-state index in [9.17, 15) is 18.4 Å². The zero-order valence-electron chi connectivity index (χ0n) is 18.1. The molecule has 7 nitrogen and oxygen atoms in total. The number of rotatable bonds is 7. The van der Waals surface area contributed by atoms with Gasteiger partial charge in [-0.3, -0.25) is 14.5 Å². The fourth-order valence-electron chi connectivity index (χ4n) is 4.14. The van der Waals surface area contributed by atoms with Gasteiger partial charge in [-0.25, -0.2) is 8.78 Å². The van der Waals surface area contributed by atoms with Crippen molar-refractivity contribution in [2.45, 2.75) is 45.0 Å². The lowest BCUT2D eigenvalue weighted by molar-refractivity contribution is -0.132. The van der Waals surface area contributed by atoms with E-state index in [-0.39, 0.29) is 36.3 Å². The molecule has 2 heterocycles. The molecule has 0 unspecified atom stereocenters. The number of amides is 2. The van der Waals surface area contributed by atoms with Gasteiger partial charge in [0.15, 0.2) is 0 Å². The number of benzene rings is 1. The molecular weight excluding hydrogens is 408 g/mol. The molecule has 1 aromatic carbocycles. The van der Waals surface area contributed by atoms with E-state index in [0.29, 0.717) is 25.8 Å². The normalized spacial score (nSPS) is 23.0. The van der Waals surface area contributed by atoms with Crippen LogP contribution in [0.1, 0.15) is 37.0 Å². The van der Waals surface area contributed by atoms with Crippen molar-refractivity contribution in [2.75, 3.05) is 45.9 Å². The maximum Gasteiger partial charge on any atom is 0.251 e. The van der Waals surface area contributed by atoms with Crippen molar-refractivity contribution >= 4 is 11.8 Å². The van der Waals surface area contributed by atoms with Crippen LogP contribution in [0.5, 0.6) is 0 Å². The van der Waals surface area contributed by atoms with E-state index in [1.54, 1.807) is 4.90 Å². The van der Waals surface area contributed by atoms with Crippen LogP contribution in [0.2, 0.25) is 0 Å². The molecule has 2 atom stereocenters. The van der Waals surface area contributed by atoms with Crippen molar-refractivity contribution in [1.82, 2.24) is 15.1 Å². The molecule has 2 fully saturated rings. The lowest BCUT2D eigenvalue weighted by Crippen LogP contribution is -2.47. The lowest BCUT2D eigenvalue weighted by Gasteiger charge is -2.36. The van der Waals surface area contributed by atoms with Gasteiger partial charge in [0, 0.05) is 44.4 Å². The predicted molar refractivity (Wildman–Crippen MR) is 111 cm³/mol. The van der Waals surface area contributed by atoms with Crippen LogP contribution in [-0.4, -0.2) is 85.8 Å². The molecule has 0 bridgehead atoms. The third kappa shape index (κ3) is 7.22. The van der Waals surface area contributed by atoms with E-state index in [0.717, 1.165) is 44.6 Å². The number of carbonyl (C=O) groups is 2. The van der Waals surface area contributed by atoms with Gasteiger partial charge in [-0.1, -0.05) is 0 Å². The summed E-state index contributed by atoms with van der Waals surface area (Å²) >= 11 is 0. The van der Waals surface area contributed by atoms with E-state index >= 15 is 0 Å². The van der Waals surface area contributed by atoms with Crippen LogP contribution in [-0.2, 0) is 14.3 Å². The Morgan fingerprint density at radius 2 is 1.71 bits per heavy atom. The Balaban J connectivity index is 1.33. The summed E-state index contributed by atoms with van der Waals surface area (Å²) in [5.41, 5.74) is -0.151. The zero-order valence-corrected chi connectivity index (χ0v) is 18.1. The summed E-state index contributed by atoms with van der Waals surface area (Å²) in [6, 6.07) is 2.56. The van der Waals surface area contributed by atoms with Gasteiger partial charge in [-0.15, -0.1) is 0 Å². The quantitative estimate of drug-likeness (QED) is 0.702. The monoisotopic (exact) mass is 439 g/mol. The second-order valence-electron chi connectivity index (χ2n) is 8.31. The lowest BCUT2D eigenvalue weighted by atomic mass is 10.1. The summed E-state index contributed by atoms with van der Waals surface area (Å²) in [7, 11) is 0. The maximum atomic E-state index is 13.2. The van der Waals surface area contributed by atoms with E-state index in [2.05, 4.69) is 24.1 Å². The van der Waals surface area contributed by atoms with Gasteiger partial charge in [0.05, 0.1) is 31.5 Å². The number of carbonyl (C=O) groups excluding carboxylic acids is 2. The molecule has 2 amide bonds. The fraction of sp³-hybridized carbons (Fsp3) is 0.636. The van der Waals surface area contributed by atoms with Gasteiger partial charge in [-0.05, 0) is 38.8 Å². The molecule has 0 aromatic heterocycles. The molecule has 2 aliphatic rings. The van der Waals surface area contributed by atoms with Crippen molar-refractivity contribution in [3.63, 3.8) is 0 Å². The van der Waals surface area contributed by atoms with Gasteiger partial charge in [-0.2, -0.15) is 0 Å². The Morgan fingerprint density at radius 1 is 1.10 bits per heavy atom. The maximum absolute atomic E-state index is 13.2. The Hall–Kier alpha value is -2.10. The number of piperidine rings is 1. The molecule has 0 saturated carbocycles. The summed E-state index contributed by atoms with van der Waals surface area (Å²) < 4.78 is 38.2. The number of morpholine rings is 1. The van der Waals surface area contributed by atoms with Crippen molar-refractivity contribution in [1.29, 1.82) is 0 Å². The van der Waals surface area contributed by atoms with Gasteiger partial charge >= 0.3 is 0 Å². The number of halogens is 2. The molecule has 0 radical (unpaired) electrons. The average Bonchev–Trinajstić information content (AvgIpc) is 2.71. The van der Waals surface area contributed by atoms with E-state index < -0.39 is 17.5 Å². The number of nitrogens with one attached hydrogen (secondary N) is 1. The highest BCUT2D eigenvalue weighted by Crippen LogP contribution is 2.15. The first-order valence-corrected chi connectivity index (χ1v) is 10.8. The first kappa shape index (κ1) is 23.6. The minimum absolute atomic E-state index is 0.116. The number of hydrogen-bond donors (Lipinski definition) is 1. The van der Waals surface area contributed by atoms with E-state index in [1.165, 1.54) is 0 Å². The number of hydrogen-bond acceptors (Lipinski definition) is 5. The van der Waals surface area contributed by atoms with Crippen LogP contribution in [0.25, 0.3) is 0 Å². The van der Waals surface area contributed by atoms with Crippen molar-refractivity contribution in [3.8, 4) is 0 Å². The van der Waals surface area contributed by atoms with E-state index in [1.807, 2.05) is 0 Å². The Labute approximate surface area is 181 Å². The standard InChI is InChI=1S/C22H31F2N3O4/c1-15-13-26(14-16(2)31-15)7-8-30-20-3-5-27(6-4-20)21(28)12-25-22(29)17-9-18(23)11-19(24)10-17/h9-11,15-16,20H,3-8,12-14H2,1-2H3,(H,25,29)/t15-,16-/m1/s1. The average molecular weight is 440 g/mol. The molecule has 172 valence electrons. The molecule has 1 aromatic rings. The first-order valence-electron chi connectivity index (χ1n) is 10.8. The van der Waals surface area contributed by atoms with Gasteiger partial charge < -0.3 is 19.7 Å². The Morgan fingerprint density at radius 3 is 2.32 bits per heavy atom. The summed E-state index contributed by atoms with van der Waals surface area (Å²) in [6.45, 7) is 8.39. The number of ether oxygens (including phenoxy) is 2. The summed E-state index contributed by atoms with van der Waals surface area (Å²) in [5, 5.41) is 2.43. The van der Waals surface area contributed by atoms with Crippen LogP contribution in [0, 0.1) is 11.6 Å². The van der Waals surface area contributed by atoms with Crippen LogP contribution in [0.4, 0.5) is 8.78 Å². The van der Waals surface area contributed by atoms with Crippen molar-refractivity contribution in [3.05, 3.63) is 35.4 Å². The summed E-state index contributed by atoms with van der Waals surface area (Å²) in [5.74, 6) is -2.58. The number of likely N-dealkylation sites (tertiary alicyclic amines) is 1. The predicted octanol–water partition coefficient (Wildman–Crippen LogP) is 1.81. The molecule has 1 N–H and O–H groups in total. The van der Waals surface area contributed by atoms with E-state index in [4.69, 9.17) is 9.47 Å². The van der Waals surface area contributed by atoms with Gasteiger partial charge in [0.2, 0.25) is 5.91 Å². The van der Waals surface area contributed by atoms with Gasteiger partial charge in [0.1, 0.15) is 11.6 Å². The summed E-state index contributed by atoms with van der Waals surface area (Å²) in [6.07, 6.45) is 2.07. The molecule has 9 heteroatoms. The highest BCUT2D eigenvalue weighted by Gasteiger charge is 2.25. The summed E-state index contributed by atoms with van der Waals surface area (Å²) in [4.78, 5) is 28.4.